The Morgan fingerprint density at radius 3 is 3.09 bits per heavy atom. The lowest BCUT2D eigenvalue weighted by molar-refractivity contribution is 0.663. The minimum atomic E-state index is 0.515. The summed E-state index contributed by atoms with van der Waals surface area (Å²) in [5.74, 6) is 0. The maximum atomic E-state index is 11.2. The number of hydrogen-bond donors (Lipinski definition) is 0. The lowest BCUT2D eigenvalue weighted by atomic mass is 10.0. The molecule has 2 nitrogen and oxygen atoms in total. The Balaban J connectivity index is 2.35. The van der Waals surface area contributed by atoms with Crippen LogP contribution >= 0.6 is 12.2 Å². The first-order valence-electron chi connectivity index (χ1n) is 3.67. The summed E-state index contributed by atoms with van der Waals surface area (Å²) in [7, 11) is 0. The molecular weight excluding hydrogens is 158 g/mol. The Morgan fingerprint density at radius 2 is 2.36 bits per heavy atom. The molecule has 2 rings (SSSR count). The van der Waals surface area contributed by atoms with E-state index in [4.69, 9.17) is 12.2 Å². The van der Waals surface area contributed by atoms with Crippen molar-refractivity contribution in [2.24, 2.45) is 0 Å². The highest BCUT2D eigenvalue weighted by molar-refractivity contribution is 7.80. The van der Waals surface area contributed by atoms with Crippen LogP contribution in [-0.2, 0) is 0 Å². The third kappa shape index (κ3) is 1.01. The van der Waals surface area contributed by atoms with E-state index in [2.05, 4.69) is 6.08 Å². The van der Waals surface area contributed by atoms with Gasteiger partial charge >= 0.3 is 0 Å². The van der Waals surface area contributed by atoms with E-state index in [1.807, 2.05) is 6.08 Å². The summed E-state index contributed by atoms with van der Waals surface area (Å²) in [5, 5.41) is 12.1. The molecule has 0 bridgehead atoms. The Bertz CT molecular complexity index is 267. The Morgan fingerprint density at radius 1 is 1.55 bits per heavy atom. The van der Waals surface area contributed by atoms with Gasteiger partial charge in [-0.25, -0.2) is 0 Å². The summed E-state index contributed by atoms with van der Waals surface area (Å²) in [4.78, 5) is 0.515. The van der Waals surface area contributed by atoms with E-state index in [1.54, 1.807) is 0 Å². The lowest BCUT2D eigenvalue weighted by Crippen LogP contribution is -2.15. The van der Waals surface area contributed by atoms with Gasteiger partial charge in [-0.3, -0.25) is 0 Å². The minimum absolute atomic E-state index is 0.515. The first-order valence-corrected chi connectivity index (χ1v) is 4.08. The summed E-state index contributed by atoms with van der Waals surface area (Å²) >= 11 is 4.89. The maximum Gasteiger partial charge on any atom is 0.0759 e. The zero-order chi connectivity index (χ0) is 7.84. The topological polar surface area (TPSA) is 26.3 Å². The highest BCUT2D eigenvalue weighted by Crippen LogP contribution is 2.31. The second-order valence-corrected chi connectivity index (χ2v) is 3.25. The summed E-state index contributed by atoms with van der Waals surface area (Å²) in [6, 6.07) is 0. The number of hydrogen-bond acceptors (Lipinski definition) is 2. The zero-order valence-electron chi connectivity index (χ0n) is 6.04. The molecule has 0 unspecified atom stereocenters. The van der Waals surface area contributed by atoms with Crippen LogP contribution in [0.25, 0.3) is 0 Å². The predicted octanol–water partition coefficient (Wildman–Crippen LogP) is 2.12. The number of rotatable bonds is 0. The van der Waals surface area contributed by atoms with Gasteiger partial charge in [0.15, 0.2) is 0 Å². The van der Waals surface area contributed by atoms with E-state index in [9.17, 15) is 5.21 Å². The van der Waals surface area contributed by atoms with Crippen LogP contribution < -0.4 is 0 Å². The molecule has 1 aliphatic heterocycles. The van der Waals surface area contributed by atoms with Crippen LogP contribution in [0, 0.1) is 5.21 Å². The van der Waals surface area contributed by atoms with Crippen LogP contribution in [0.15, 0.2) is 23.4 Å². The van der Waals surface area contributed by atoms with Gasteiger partial charge in [-0.15, -0.1) is 0 Å². The highest BCUT2D eigenvalue weighted by atomic mass is 32.1. The zero-order valence-corrected chi connectivity index (χ0v) is 6.86. The number of thiocarbonyl (C=S) groups is 1. The Kier molecular flexibility index (Phi) is 1.55. The van der Waals surface area contributed by atoms with E-state index in [-0.39, 0.29) is 0 Å². The fraction of sp³-hybridized carbons (Fsp3) is 0.375. The predicted molar refractivity (Wildman–Crippen MR) is 47.8 cm³/mol. The van der Waals surface area contributed by atoms with Gasteiger partial charge in [0.25, 0.3) is 0 Å². The van der Waals surface area contributed by atoms with Crippen LogP contribution in [-0.4, -0.2) is 10.1 Å². The molecule has 0 saturated carbocycles. The monoisotopic (exact) mass is 166 g/mol. The van der Waals surface area contributed by atoms with Crippen LogP contribution in [0.1, 0.15) is 19.3 Å². The summed E-state index contributed by atoms with van der Waals surface area (Å²) in [5.41, 5.74) is 2.01. The summed E-state index contributed by atoms with van der Waals surface area (Å²) < 4.78 is 0. The summed E-state index contributed by atoms with van der Waals surface area (Å²) in [6.07, 6.45) is 6.62. The van der Waals surface area contributed by atoms with Gasteiger partial charge in [-0.05, 0) is 18.4 Å². The molecule has 3 heteroatoms. The van der Waals surface area contributed by atoms with Crippen molar-refractivity contribution in [3.8, 4) is 0 Å². The van der Waals surface area contributed by atoms with E-state index in [0.717, 1.165) is 29.2 Å². The molecule has 0 radical (unpaired) electrons. The van der Waals surface area contributed by atoms with Crippen molar-refractivity contribution in [3.63, 3.8) is 0 Å². The van der Waals surface area contributed by atoms with Gasteiger partial charge in [-0.2, -0.15) is 0 Å². The van der Waals surface area contributed by atoms with Crippen molar-refractivity contribution >= 4 is 17.2 Å². The molecule has 0 aromatic rings. The summed E-state index contributed by atoms with van der Waals surface area (Å²) in [6.45, 7) is 0. The van der Waals surface area contributed by atoms with Crippen molar-refractivity contribution < 1.29 is 0 Å². The molecule has 0 aromatic heterocycles. The van der Waals surface area contributed by atoms with Crippen molar-refractivity contribution in [1.29, 1.82) is 0 Å². The van der Waals surface area contributed by atoms with Gasteiger partial charge in [0.05, 0.1) is 4.99 Å². The molecule has 0 aromatic carbocycles. The van der Waals surface area contributed by atoms with Crippen molar-refractivity contribution in [2.45, 2.75) is 19.3 Å². The average Bonchev–Trinajstić information content (AvgIpc) is 2.30. The number of allylic oxidation sites excluding steroid dienone is 3. The van der Waals surface area contributed by atoms with Gasteiger partial charge in [-0.1, -0.05) is 24.4 Å². The SMILES string of the molecule is [O-]N1C(=S)CC2=C1CCC=C2. The lowest BCUT2D eigenvalue weighted by Gasteiger charge is -2.28. The minimum Gasteiger partial charge on any atom is -0.754 e. The van der Waals surface area contributed by atoms with E-state index >= 15 is 0 Å². The standard InChI is InChI=1S/C8H8NOS/c10-9-7-4-2-1-3-6(7)5-8(9)11/h1,3H,2,4-5H2/q-1. The molecule has 1 aliphatic carbocycles. The first kappa shape index (κ1) is 7.00. The Labute approximate surface area is 70.8 Å². The van der Waals surface area contributed by atoms with Crippen LogP contribution in [0.5, 0.6) is 0 Å². The maximum absolute atomic E-state index is 11.2. The quantitative estimate of drug-likeness (QED) is 0.516. The number of hydroxylamine groups is 2. The molecule has 0 spiro atoms. The molecule has 0 saturated heterocycles. The van der Waals surface area contributed by atoms with Gasteiger partial charge < -0.3 is 10.3 Å². The van der Waals surface area contributed by atoms with Gasteiger partial charge in [0, 0.05) is 12.1 Å². The molecule has 0 fully saturated rings. The molecule has 2 aliphatic rings. The van der Waals surface area contributed by atoms with Crippen molar-refractivity contribution in [2.75, 3.05) is 0 Å². The van der Waals surface area contributed by atoms with E-state index in [1.165, 1.54) is 0 Å². The fourth-order valence-electron chi connectivity index (χ4n) is 1.48. The Hall–Kier alpha value is -0.670. The molecule has 58 valence electrons. The second-order valence-electron chi connectivity index (χ2n) is 2.78. The highest BCUT2D eigenvalue weighted by Gasteiger charge is 2.19. The molecule has 11 heavy (non-hydrogen) atoms. The third-order valence-corrected chi connectivity index (χ3v) is 2.36. The second kappa shape index (κ2) is 2.43. The van der Waals surface area contributed by atoms with Crippen molar-refractivity contribution in [3.05, 3.63) is 28.6 Å². The average molecular weight is 166 g/mol. The van der Waals surface area contributed by atoms with Crippen LogP contribution in [0.3, 0.4) is 0 Å². The van der Waals surface area contributed by atoms with E-state index in [0.29, 0.717) is 11.4 Å². The fourth-order valence-corrected chi connectivity index (χ4v) is 1.75. The van der Waals surface area contributed by atoms with Gasteiger partial charge in [0.2, 0.25) is 0 Å². The largest absolute Gasteiger partial charge is 0.754 e. The molecule has 0 N–H and O–H groups in total. The first-order chi connectivity index (χ1) is 5.29. The molecule has 0 amide bonds. The molecule has 0 atom stereocenters. The number of nitrogens with zero attached hydrogens (tertiary/aromatic N) is 1. The van der Waals surface area contributed by atoms with E-state index < -0.39 is 0 Å². The molecule has 1 heterocycles. The smallest absolute Gasteiger partial charge is 0.0759 e. The third-order valence-electron chi connectivity index (χ3n) is 2.05. The van der Waals surface area contributed by atoms with Crippen LogP contribution in [0.2, 0.25) is 0 Å². The van der Waals surface area contributed by atoms with Gasteiger partial charge in [0.1, 0.15) is 0 Å². The van der Waals surface area contributed by atoms with Crippen molar-refractivity contribution in [1.82, 2.24) is 5.06 Å². The molecular formula is C8H8NOS-. The normalized spacial score (nSPS) is 23.0. The van der Waals surface area contributed by atoms with Crippen LogP contribution in [0.4, 0.5) is 0 Å².